The number of nitrogens with one attached hydrogen (secondary N) is 3. The summed E-state index contributed by atoms with van der Waals surface area (Å²) >= 11 is 0. The van der Waals surface area contributed by atoms with Crippen molar-refractivity contribution in [2.75, 3.05) is 29.5 Å². The summed E-state index contributed by atoms with van der Waals surface area (Å²) in [7, 11) is 1.35. The van der Waals surface area contributed by atoms with Crippen molar-refractivity contribution in [3.8, 4) is 6.07 Å². The van der Waals surface area contributed by atoms with Crippen molar-refractivity contribution < 1.29 is 64.6 Å². The minimum atomic E-state index is -4.54. The summed E-state index contributed by atoms with van der Waals surface area (Å²) < 4.78 is 38.5. The van der Waals surface area contributed by atoms with E-state index in [9.17, 15) is 13.2 Å². The largest absolute Gasteiger partial charge is 1.00 e. The number of anilines is 4. The zero-order chi connectivity index (χ0) is 17.7. The summed E-state index contributed by atoms with van der Waals surface area (Å²) in [6.45, 7) is 3.93. The molecular weight excluding hydrogens is 372 g/mol. The van der Waals surface area contributed by atoms with E-state index >= 15 is 0 Å². The molecule has 26 heavy (non-hydrogen) atoms. The molecule has 0 atom stereocenters. The molecule has 0 unspecified atom stereocenters. The summed E-state index contributed by atoms with van der Waals surface area (Å²) in [5.74, 6) is -0.313. The third kappa shape index (κ3) is 6.33. The number of alkyl halides is 3. The van der Waals surface area contributed by atoms with Crippen LogP contribution in [0.25, 0.3) is 0 Å². The molecule has 0 amide bonds. The zero-order valence-electron chi connectivity index (χ0n) is 14.7. The molecule has 1 aromatic heterocycles. The van der Waals surface area contributed by atoms with Crippen LogP contribution in [0.3, 0.4) is 0 Å². The Morgan fingerprint density at radius 2 is 2.00 bits per heavy atom. The first-order chi connectivity index (χ1) is 11.3. The third-order valence-corrected chi connectivity index (χ3v) is 3.05. The van der Waals surface area contributed by atoms with E-state index in [1.165, 1.54) is 7.05 Å². The molecule has 0 fully saturated rings. The van der Waals surface area contributed by atoms with E-state index in [-0.39, 0.29) is 77.1 Å². The van der Waals surface area contributed by atoms with E-state index < -0.39 is 11.7 Å². The molecule has 0 aliphatic heterocycles. The number of halogens is 3. The molecule has 0 aliphatic carbocycles. The minimum absolute atomic E-state index is 0. The first-order valence-corrected chi connectivity index (χ1v) is 6.81. The zero-order valence-corrected chi connectivity index (χ0v) is 17.8. The van der Waals surface area contributed by atoms with E-state index in [2.05, 4.69) is 32.8 Å². The monoisotopic (exact) mass is 389 g/mol. The average molecular weight is 389 g/mol. The fourth-order valence-electron chi connectivity index (χ4n) is 1.92. The molecule has 6 nitrogen and oxygen atoms in total. The van der Waals surface area contributed by atoms with Crippen LogP contribution in [-0.2, 0) is 6.18 Å². The molecule has 0 saturated carbocycles. The molecule has 134 valence electrons. The number of hydrogen-bond donors (Lipinski definition) is 3. The van der Waals surface area contributed by atoms with Gasteiger partial charge in [-0.1, -0.05) is 17.8 Å². The van der Waals surface area contributed by atoms with Gasteiger partial charge in [0, 0.05) is 18.9 Å². The first kappa shape index (κ1) is 24.5. The van der Waals surface area contributed by atoms with Gasteiger partial charge in [-0.2, -0.15) is 42.0 Å². The van der Waals surface area contributed by atoms with E-state index in [1.54, 1.807) is 18.2 Å². The SMILES string of the molecule is [CH2-]c1ccc(Nc2ncc(C(F)(F)F)c(NC)n2)cc1NCC#N.[CH3-].[K+]. The molecule has 0 spiro atoms. The Bertz CT molecular complexity index is 774. The van der Waals surface area contributed by atoms with Crippen LogP contribution in [0, 0.1) is 25.7 Å². The maximum Gasteiger partial charge on any atom is 1.00 e. The van der Waals surface area contributed by atoms with Gasteiger partial charge in [-0.05, 0) is 0 Å². The topological polar surface area (TPSA) is 85.7 Å². The van der Waals surface area contributed by atoms with Crippen molar-refractivity contribution >= 4 is 23.1 Å². The van der Waals surface area contributed by atoms with E-state index in [1.807, 2.05) is 6.07 Å². The van der Waals surface area contributed by atoms with Gasteiger partial charge < -0.3 is 23.4 Å². The van der Waals surface area contributed by atoms with Crippen molar-refractivity contribution in [1.82, 2.24) is 9.97 Å². The van der Waals surface area contributed by atoms with Gasteiger partial charge in [0.1, 0.15) is 11.4 Å². The number of aromatic nitrogens is 2. The average Bonchev–Trinajstić information content (AvgIpc) is 2.54. The van der Waals surface area contributed by atoms with Gasteiger partial charge in [0.15, 0.2) is 0 Å². The molecule has 3 N–H and O–H groups in total. The summed E-state index contributed by atoms with van der Waals surface area (Å²) in [5.41, 5.74) is 0.909. The standard InChI is InChI=1S/C15H14F3N6.CH3.K/c1-9-3-4-10(7-12(9)21-6-5-19)23-14-22-8-11(15(16,17)18)13(20-2)24-14;;/h3-4,7-8,21H,1,6H2,2H3,(H2,20,22,23,24);1H3;/q2*-1;+1. The van der Waals surface area contributed by atoms with Crippen LogP contribution in [0.2, 0.25) is 0 Å². The predicted molar refractivity (Wildman–Crippen MR) is 91.3 cm³/mol. The predicted octanol–water partition coefficient (Wildman–Crippen LogP) is 0.853. The van der Waals surface area contributed by atoms with Gasteiger partial charge in [-0.3, -0.25) is 0 Å². The number of rotatable bonds is 5. The van der Waals surface area contributed by atoms with Crippen molar-refractivity contribution in [2.24, 2.45) is 0 Å². The van der Waals surface area contributed by atoms with Gasteiger partial charge in [0.05, 0.1) is 12.6 Å². The number of nitrogens with zero attached hydrogens (tertiary/aromatic N) is 3. The van der Waals surface area contributed by atoms with Gasteiger partial charge in [0.2, 0.25) is 5.95 Å². The second kappa shape index (κ2) is 10.6. The van der Waals surface area contributed by atoms with E-state index in [0.29, 0.717) is 23.1 Å². The van der Waals surface area contributed by atoms with Crippen LogP contribution < -0.4 is 67.3 Å². The van der Waals surface area contributed by atoms with Crippen LogP contribution in [0.15, 0.2) is 24.4 Å². The molecule has 1 heterocycles. The Kier molecular flexibility index (Phi) is 9.97. The smallest absolute Gasteiger partial charge is 0.424 e. The fourth-order valence-corrected chi connectivity index (χ4v) is 1.92. The van der Waals surface area contributed by atoms with Crippen LogP contribution in [0.5, 0.6) is 0 Å². The molecule has 0 radical (unpaired) electrons. The molecule has 0 bridgehead atoms. The molecule has 10 heteroatoms. The Hall–Kier alpha value is -1.51. The van der Waals surface area contributed by atoms with Crippen LogP contribution in [0.4, 0.5) is 36.3 Å². The summed E-state index contributed by atoms with van der Waals surface area (Å²) in [6, 6.07) is 7.00. The summed E-state index contributed by atoms with van der Waals surface area (Å²) in [4.78, 5) is 7.52. The van der Waals surface area contributed by atoms with Gasteiger partial charge >= 0.3 is 57.6 Å². The van der Waals surface area contributed by atoms with E-state index in [4.69, 9.17) is 5.26 Å². The van der Waals surface area contributed by atoms with Crippen LogP contribution in [-0.4, -0.2) is 23.6 Å². The normalized spacial score (nSPS) is 9.96. The maximum atomic E-state index is 12.8. The molecule has 0 aliphatic rings. The Morgan fingerprint density at radius 1 is 1.31 bits per heavy atom. The van der Waals surface area contributed by atoms with Crippen LogP contribution >= 0.6 is 0 Å². The fraction of sp³-hybridized carbons (Fsp3) is 0.188. The Balaban J connectivity index is 0.00000312. The molecule has 2 aromatic rings. The van der Waals surface area contributed by atoms with Crippen molar-refractivity contribution in [3.05, 3.63) is 49.9 Å². The third-order valence-electron chi connectivity index (χ3n) is 3.05. The second-order valence-corrected chi connectivity index (χ2v) is 4.71. The summed E-state index contributed by atoms with van der Waals surface area (Å²) in [6.07, 6.45) is -3.83. The van der Waals surface area contributed by atoms with Gasteiger partial charge in [-0.25, -0.2) is 4.98 Å². The first-order valence-electron chi connectivity index (χ1n) is 6.81. The van der Waals surface area contributed by atoms with Crippen molar-refractivity contribution in [2.45, 2.75) is 6.18 Å². The molecule has 0 saturated heterocycles. The molecule has 2 rings (SSSR count). The molecule has 1 aromatic carbocycles. The Labute approximate surface area is 193 Å². The van der Waals surface area contributed by atoms with Crippen molar-refractivity contribution in [3.63, 3.8) is 0 Å². The maximum absolute atomic E-state index is 12.8. The minimum Gasteiger partial charge on any atom is -0.424 e. The van der Waals surface area contributed by atoms with Crippen LogP contribution in [0.1, 0.15) is 11.1 Å². The Morgan fingerprint density at radius 3 is 2.58 bits per heavy atom. The number of benzene rings is 1. The van der Waals surface area contributed by atoms with Crippen molar-refractivity contribution in [1.29, 1.82) is 5.26 Å². The second-order valence-electron chi connectivity index (χ2n) is 4.71. The number of nitriles is 1. The summed E-state index contributed by atoms with van der Waals surface area (Å²) in [5, 5.41) is 16.7. The van der Waals surface area contributed by atoms with Gasteiger partial charge in [0.25, 0.3) is 0 Å². The molecular formula is C16H17F3KN6-. The quantitative estimate of drug-likeness (QED) is 0.399. The number of hydrogen-bond acceptors (Lipinski definition) is 6. The van der Waals surface area contributed by atoms with Gasteiger partial charge in [-0.15, -0.1) is 0 Å². The van der Waals surface area contributed by atoms with E-state index in [0.717, 1.165) is 0 Å².